The van der Waals surface area contributed by atoms with Crippen molar-refractivity contribution in [1.82, 2.24) is 5.32 Å². The van der Waals surface area contributed by atoms with Crippen molar-refractivity contribution in [2.24, 2.45) is 0 Å². The molecular formula is C35H34N4O12. The van der Waals surface area contributed by atoms with Gasteiger partial charge in [0.2, 0.25) is 11.7 Å². The van der Waals surface area contributed by atoms with E-state index in [4.69, 9.17) is 19.3 Å². The number of nitro benzene ring substituents is 2. The molecule has 0 radical (unpaired) electrons. The number of ether oxygens (including phenoxy) is 3. The highest BCUT2D eigenvalue weighted by Gasteiger charge is 2.21. The molecule has 0 aliphatic carbocycles. The maximum Gasteiger partial charge on any atom is 0.340 e. The summed E-state index contributed by atoms with van der Waals surface area (Å²) >= 11 is 0. The molecule has 0 saturated heterocycles. The number of aliphatic carboxylic acids is 1. The van der Waals surface area contributed by atoms with Crippen LogP contribution in [0.2, 0.25) is 0 Å². The van der Waals surface area contributed by atoms with Crippen molar-refractivity contribution in [3.63, 3.8) is 0 Å². The predicted octanol–water partition coefficient (Wildman–Crippen LogP) is 4.96. The van der Waals surface area contributed by atoms with Gasteiger partial charge in [-0.05, 0) is 55.8 Å². The maximum absolute atomic E-state index is 12.4. The first-order valence-corrected chi connectivity index (χ1v) is 15.2. The van der Waals surface area contributed by atoms with Crippen LogP contribution in [0.15, 0.2) is 103 Å². The van der Waals surface area contributed by atoms with Gasteiger partial charge in [-0.1, -0.05) is 42.5 Å². The molecule has 266 valence electrons. The Kier molecular flexibility index (Phi) is 14.6. The maximum atomic E-state index is 12.4. The van der Waals surface area contributed by atoms with Crippen LogP contribution in [0.5, 0.6) is 11.5 Å². The topological polar surface area (TPSA) is 227 Å². The number of esters is 1. The Bertz CT molecular complexity index is 1750. The Morgan fingerprint density at radius 1 is 0.706 bits per heavy atom. The number of para-hydroxylation sites is 1. The average Bonchev–Trinajstić information content (AvgIpc) is 3.13. The number of nitro groups is 2. The summed E-state index contributed by atoms with van der Waals surface area (Å²) < 4.78 is 15.7. The van der Waals surface area contributed by atoms with Gasteiger partial charge in [0.25, 0.3) is 11.4 Å². The Morgan fingerprint density at radius 2 is 1.20 bits per heavy atom. The summed E-state index contributed by atoms with van der Waals surface area (Å²) in [7, 11) is 0. The van der Waals surface area contributed by atoms with Crippen LogP contribution in [-0.2, 0) is 25.7 Å². The number of benzene rings is 4. The molecule has 4 rings (SSSR count). The van der Waals surface area contributed by atoms with E-state index in [9.17, 15) is 39.4 Å². The molecule has 4 aromatic carbocycles. The fourth-order valence-corrected chi connectivity index (χ4v) is 3.98. The van der Waals surface area contributed by atoms with Crippen molar-refractivity contribution >= 4 is 40.7 Å². The molecule has 0 aliphatic heterocycles. The number of hydrogen-bond acceptors (Lipinski definition) is 12. The number of carbonyl (C=O) groups excluding carboxylic acids is 3. The first-order valence-electron chi connectivity index (χ1n) is 15.2. The van der Waals surface area contributed by atoms with Crippen LogP contribution in [0, 0.1) is 20.2 Å². The molecule has 4 aromatic rings. The van der Waals surface area contributed by atoms with Gasteiger partial charge >= 0.3 is 11.9 Å². The summed E-state index contributed by atoms with van der Waals surface area (Å²) in [5.74, 6) is -1.84. The fraction of sp³-hybridized carbons (Fsp3) is 0.200. The molecule has 0 aromatic heterocycles. The monoisotopic (exact) mass is 702 g/mol. The van der Waals surface area contributed by atoms with Crippen molar-refractivity contribution < 1.29 is 48.3 Å². The average molecular weight is 703 g/mol. The van der Waals surface area contributed by atoms with Gasteiger partial charge in [-0.3, -0.25) is 34.6 Å². The van der Waals surface area contributed by atoms with Gasteiger partial charge in [-0.25, -0.2) is 4.79 Å². The smallest absolute Gasteiger partial charge is 0.340 e. The number of hydrogen-bond donors (Lipinski definition) is 3. The summed E-state index contributed by atoms with van der Waals surface area (Å²) in [5, 5.41) is 35.2. The van der Waals surface area contributed by atoms with Crippen molar-refractivity contribution in [2.75, 3.05) is 18.5 Å². The number of carboxylic acids is 1. The van der Waals surface area contributed by atoms with E-state index in [1.54, 1.807) is 31.2 Å². The summed E-state index contributed by atoms with van der Waals surface area (Å²) in [6.45, 7) is 2.58. The molecule has 16 nitrogen and oxygen atoms in total. The Morgan fingerprint density at radius 3 is 1.69 bits per heavy atom. The van der Waals surface area contributed by atoms with Crippen molar-refractivity contribution in [3.8, 4) is 11.5 Å². The number of non-ortho nitro benzene ring substituents is 2. The number of carboxylic acid groups (broad SMARTS) is 1. The van der Waals surface area contributed by atoms with Gasteiger partial charge in [0.05, 0.1) is 15.4 Å². The van der Waals surface area contributed by atoms with Gasteiger partial charge in [-0.15, -0.1) is 0 Å². The molecule has 1 amide bonds. The van der Waals surface area contributed by atoms with E-state index in [0.29, 0.717) is 22.7 Å². The Hall–Kier alpha value is -6.84. The number of amides is 1. The van der Waals surface area contributed by atoms with E-state index in [1.165, 1.54) is 55.5 Å². The van der Waals surface area contributed by atoms with Crippen LogP contribution >= 0.6 is 0 Å². The standard InChI is InChI=1S/C20H22N2O5.C15H12N2O7/c1-13(18(23)22-14(2)19(24)25)21-17-11-7-6-10-16(17)20(26)27-12-15-8-4-3-5-9-15;18-13(9-23-14-5-1-11(2-6-14)16(19)20)10-24-15-7-3-12(4-8-15)17(21)22/h3-11,13-14,21H,12H2,1-2H3,(H,22,23)(H,24,25);1-8H,9-10H2/t13?,14-;/m0./s1. The second kappa shape index (κ2) is 19.2. The van der Waals surface area contributed by atoms with Gasteiger partial charge in [0, 0.05) is 30.0 Å². The van der Waals surface area contributed by atoms with E-state index >= 15 is 0 Å². The molecule has 0 saturated carbocycles. The van der Waals surface area contributed by atoms with Gasteiger partial charge in [-0.2, -0.15) is 0 Å². The van der Waals surface area contributed by atoms with Gasteiger partial charge < -0.3 is 30.0 Å². The van der Waals surface area contributed by atoms with Crippen molar-refractivity contribution in [2.45, 2.75) is 32.5 Å². The lowest BCUT2D eigenvalue weighted by molar-refractivity contribution is -0.385. The molecule has 0 fully saturated rings. The molecule has 3 N–H and O–H groups in total. The van der Waals surface area contributed by atoms with Crippen LogP contribution < -0.4 is 20.1 Å². The Labute approximate surface area is 291 Å². The molecule has 51 heavy (non-hydrogen) atoms. The van der Waals surface area contributed by atoms with Crippen molar-refractivity contribution in [3.05, 3.63) is 134 Å². The minimum absolute atomic E-state index is 0.0739. The highest BCUT2D eigenvalue weighted by molar-refractivity contribution is 5.97. The van der Waals surface area contributed by atoms with Crippen LogP contribution in [0.4, 0.5) is 17.1 Å². The number of nitrogens with zero attached hydrogens (tertiary/aromatic N) is 2. The molecule has 0 bridgehead atoms. The lowest BCUT2D eigenvalue weighted by atomic mass is 10.1. The zero-order valence-electron chi connectivity index (χ0n) is 27.4. The van der Waals surface area contributed by atoms with Crippen molar-refractivity contribution in [1.29, 1.82) is 0 Å². The second-order valence-electron chi connectivity index (χ2n) is 10.7. The fourth-order valence-electron chi connectivity index (χ4n) is 3.98. The summed E-state index contributed by atoms with van der Waals surface area (Å²) in [6.07, 6.45) is 0. The van der Waals surface area contributed by atoms with E-state index in [0.717, 1.165) is 5.56 Å². The van der Waals surface area contributed by atoms with Gasteiger partial charge in [0.15, 0.2) is 0 Å². The number of carbonyl (C=O) groups is 4. The minimum atomic E-state index is -1.12. The summed E-state index contributed by atoms with van der Waals surface area (Å²) in [5.41, 5.74) is 1.44. The van der Waals surface area contributed by atoms with E-state index in [-0.39, 0.29) is 37.0 Å². The molecule has 0 aliphatic rings. The quantitative estimate of drug-likeness (QED) is 0.0798. The van der Waals surface area contributed by atoms with Crippen LogP contribution in [0.25, 0.3) is 0 Å². The van der Waals surface area contributed by atoms with E-state index in [2.05, 4.69) is 10.6 Å². The SMILES string of the molecule is CC(Nc1ccccc1C(=O)OCc1ccccc1)C(=O)N[C@@H](C)C(=O)O.O=C(COc1ccc([N+](=O)[O-])cc1)COc1ccc([N+](=O)[O-])cc1. The zero-order chi connectivity index (χ0) is 37.3. The predicted molar refractivity (Wildman–Crippen MR) is 183 cm³/mol. The molecule has 0 heterocycles. The highest BCUT2D eigenvalue weighted by atomic mass is 16.6. The normalized spacial score (nSPS) is 11.3. The third-order valence-electron chi connectivity index (χ3n) is 6.75. The van der Waals surface area contributed by atoms with Gasteiger partial charge in [0.1, 0.15) is 43.4 Å². The van der Waals surface area contributed by atoms with E-state index in [1.807, 2.05) is 30.3 Å². The number of Topliss-reactive ketones (excluding diaryl/α,β-unsaturated/α-hetero) is 1. The Balaban J connectivity index is 0.000000277. The number of nitrogens with one attached hydrogen (secondary N) is 2. The third-order valence-corrected chi connectivity index (χ3v) is 6.75. The van der Waals surface area contributed by atoms with Crippen LogP contribution in [0.3, 0.4) is 0 Å². The molecular weight excluding hydrogens is 668 g/mol. The molecule has 0 spiro atoms. The van der Waals surface area contributed by atoms with E-state index < -0.39 is 39.8 Å². The number of rotatable bonds is 16. The summed E-state index contributed by atoms with van der Waals surface area (Å²) in [4.78, 5) is 67.0. The lowest BCUT2D eigenvalue weighted by Crippen LogP contribution is -2.45. The first kappa shape index (κ1) is 38.6. The first-order chi connectivity index (χ1) is 24.3. The number of ketones is 1. The number of anilines is 1. The van der Waals surface area contributed by atoms with Crippen LogP contribution in [-0.4, -0.2) is 63.9 Å². The molecule has 1 unspecified atom stereocenters. The third kappa shape index (κ3) is 12.9. The molecule has 2 atom stereocenters. The second-order valence-corrected chi connectivity index (χ2v) is 10.7. The lowest BCUT2D eigenvalue weighted by Gasteiger charge is -2.18. The molecule has 16 heteroatoms. The zero-order valence-corrected chi connectivity index (χ0v) is 27.4. The minimum Gasteiger partial charge on any atom is -0.486 e. The highest BCUT2D eigenvalue weighted by Crippen LogP contribution is 2.20. The van der Waals surface area contributed by atoms with Crippen LogP contribution in [0.1, 0.15) is 29.8 Å². The summed E-state index contributed by atoms with van der Waals surface area (Å²) in [6, 6.07) is 24.9. The largest absolute Gasteiger partial charge is 0.486 e.